The summed E-state index contributed by atoms with van der Waals surface area (Å²) >= 11 is 1.72. The van der Waals surface area contributed by atoms with E-state index in [1.165, 1.54) is 4.88 Å². The highest BCUT2D eigenvalue weighted by Gasteiger charge is 2.19. The maximum absolute atomic E-state index is 4.75. The van der Waals surface area contributed by atoms with Gasteiger partial charge in [-0.15, -0.1) is 11.3 Å². The summed E-state index contributed by atoms with van der Waals surface area (Å²) in [6.07, 6.45) is 1.83. The zero-order valence-electron chi connectivity index (χ0n) is 11.4. The molecule has 0 aliphatic heterocycles. The van der Waals surface area contributed by atoms with E-state index in [1.807, 2.05) is 18.3 Å². The van der Waals surface area contributed by atoms with Crippen molar-refractivity contribution in [2.75, 3.05) is 0 Å². The van der Waals surface area contributed by atoms with E-state index in [4.69, 9.17) is 4.98 Å². The third-order valence-electron chi connectivity index (χ3n) is 2.88. The van der Waals surface area contributed by atoms with Gasteiger partial charge in [0.25, 0.3) is 0 Å². The molecule has 3 aromatic rings. The quantitative estimate of drug-likeness (QED) is 0.699. The Labute approximate surface area is 116 Å². The van der Waals surface area contributed by atoms with E-state index in [0.29, 0.717) is 0 Å². The second-order valence-corrected chi connectivity index (χ2v) is 6.85. The molecule has 0 spiro atoms. The number of rotatable bonds is 2. The van der Waals surface area contributed by atoms with Gasteiger partial charge in [-0.1, -0.05) is 26.8 Å². The van der Waals surface area contributed by atoms with Gasteiger partial charge in [0.05, 0.1) is 4.88 Å². The highest BCUT2D eigenvalue weighted by molar-refractivity contribution is 7.13. The molecule has 3 nitrogen and oxygen atoms in total. The molecule has 3 rings (SSSR count). The summed E-state index contributed by atoms with van der Waals surface area (Å²) in [5, 5.41) is 2.09. The summed E-state index contributed by atoms with van der Waals surface area (Å²) in [6, 6.07) is 8.15. The van der Waals surface area contributed by atoms with Crippen LogP contribution >= 0.6 is 11.3 Å². The lowest BCUT2D eigenvalue weighted by molar-refractivity contribution is 0.349. The number of imidazole rings is 1. The van der Waals surface area contributed by atoms with E-state index in [2.05, 4.69) is 47.8 Å². The standard InChI is InChI=1S/C15H17N3S/c1-15(2,3)10-18-13-11(6-4-8-16-13)17-14(18)12-7-5-9-19-12/h4-9H,10H2,1-3H3. The molecule has 0 atom stereocenters. The molecule has 0 aromatic carbocycles. The monoisotopic (exact) mass is 271 g/mol. The smallest absolute Gasteiger partial charge is 0.160 e. The molecule has 0 amide bonds. The van der Waals surface area contributed by atoms with Gasteiger partial charge in [-0.05, 0) is 29.0 Å². The number of pyridine rings is 1. The Morgan fingerprint density at radius 2 is 2.05 bits per heavy atom. The number of fused-ring (bicyclic) bond motifs is 1. The van der Waals surface area contributed by atoms with Gasteiger partial charge >= 0.3 is 0 Å². The Balaban J connectivity index is 2.23. The van der Waals surface area contributed by atoms with Crippen LogP contribution in [-0.2, 0) is 6.54 Å². The van der Waals surface area contributed by atoms with Crippen molar-refractivity contribution in [3.8, 4) is 10.7 Å². The molecule has 0 saturated heterocycles. The first kappa shape index (κ1) is 12.4. The first-order chi connectivity index (χ1) is 9.04. The first-order valence-electron chi connectivity index (χ1n) is 6.40. The molecule has 0 fully saturated rings. The van der Waals surface area contributed by atoms with Gasteiger partial charge in [0.1, 0.15) is 5.52 Å². The fraction of sp³-hybridized carbons (Fsp3) is 0.333. The SMILES string of the molecule is CC(C)(C)Cn1c(-c2cccs2)nc2cccnc21. The molecule has 0 bridgehead atoms. The van der Waals surface area contributed by atoms with Crippen molar-refractivity contribution in [2.24, 2.45) is 5.41 Å². The van der Waals surface area contributed by atoms with E-state index in [9.17, 15) is 0 Å². The van der Waals surface area contributed by atoms with Gasteiger partial charge in [0.15, 0.2) is 11.5 Å². The van der Waals surface area contributed by atoms with Gasteiger partial charge in [-0.25, -0.2) is 9.97 Å². The highest BCUT2D eigenvalue weighted by atomic mass is 32.1. The van der Waals surface area contributed by atoms with Gasteiger partial charge in [-0.3, -0.25) is 0 Å². The molecule has 0 aliphatic carbocycles. The minimum atomic E-state index is 0.192. The number of hydrogen-bond acceptors (Lipinski definition) is 3. The number of nitrogens with zero attached hydrogens (tertiary/aromatic N) is 3. The lowest BCUT2D eigenvalue weighted by Gasteiger charge is -2.20. The van der Waals surface area contributed by atoms with Crippen LogP contribution in [0.4, 0.5) is 0 Å². The Morgan fingerprint density at radius 1 is 1.21 bits per heavy atom. The van der Waals surface area contributed by atoms with Crippen molar-refractivity contribution in [2.45, 2.75) is 27.3 Å². The van der Waals surface area contributed by atoms with E-state index in [0.717, 1.165) is 23.5 Å². The average Bonchev–Trinajstić information content (AvgIpc) is 2.95. The molecule has 0 saturated carbocycles. The van der Waals surface area contributed by atoms with Gasteiger partial charge in [0, 0.05) is 12.7 Å². The molecule has 0 unspecified atom stereocenters. The maximum Gasteiger partial charge on any atom is 0.160 e. The Bertz CT molecular complexity index is 690. The van der Waals surface area contributed by atoms with Crippen LogP contribution in [0.5, 0.6) is 0 Å². The molecule has 0 radical (unpaired) electrons. The molecular weight excluding hydrogens is 254 g/mol. The highest BCUT2D eigenvalue weighted by Crippen LogP contribution is 2.30. The minimum absolute atomic E-state index is 0.192. The number of aromatic nitrogens is 3. The molecule has 4 heteroatoms. The van der Waals surface area contributed by atoms with Crippen molar-refractivity contribution < 1.29 is 0 Å². The summed E-state index contributed by atoms with van der Waals surface area (Å²) in [5.41, 5.74) is 2.13. The first-order valence-corrected chi connectivity index (χ1v) is 7.28. The minimum Gasteiger partial charge on any atom is -0.307 e. The van der Waals surface area contributed by atoms with Crippen molar-refractivity contribution in [1.29, 1.82) is 0 Å². The third-order valence-corrected chi connectivity index (χ3v) is 3.74. The van der Waals surface area contributed by atoms with E-state index < -0.39 is 0 Å². The van der Waals surface area contributed by atoms with Crippen LogP contribution in [0.2, 0.25) is 0 Å². The molecular formula is C15H17N3S. The second kappa shape index (κ2) is 4.46. The fourth-order valence-corrected chi connectivity index (χ4v) is 2.90. The summed E-state index contributed by atoms with van der Waals surface area (Å²) in [4.78, 5) is 10.4. The molecule has 3 aromatic heterocycles. The third kappa shape index (κ3) is 2.40. The molecule has 98 valence electrons. The molecule has 19 heavy (non-hydrogen) atoms. The maximum atomic E-state index is 4.75. The van der Waals surface area contributed by atoms with Crippen molar-refractivity contribution in [3.63, 3.8) is 0 Å². The van der Waals surface area contributed by atoms with Crippen LogP contribution in [0.1, 0.15) is 20.8 Å². The van der Waals surface area contributed by atoms with Gasteiger partial charge < -0.3 is 4.57 Å². The molecule has 0 aliphatic rings. The molecule has 0 N–H and O–H groups in total. The average molecular weight is 271 g/mol. The van der Waals surface area contributed by atoms with E-state index >= 15 is 0 Å². The fourth-order valence-electron chi connectivity index (χ4n) is 2.18. The summed E-state index contributed by atoms with van der Waals surface area (Å²) in [5.74, 6) is 1.03. The lowest BCUT2D eigenvalue weighted by atomic mass is 9.97. The predicted molar refractivity (Wildman–Crippen MR) is 80.3 cm³/mol. The van der Waals surface area contributed by atoms with Crippen LogP contribution in [0.15, 0.2) is 35.8 Å². The van der Waals surface area contributed by atoms with Crippen molar-refractivity contribution >= 4 is 22.5 Å². The summed E-state index contributed by atoms with van der Waals surface area (Å²) < 4.78 is 2.24. The van der Waals surface area contributed by atoms with Crippen LogP contribution in [-0.4, -0.2) is 14.5 Å². The summed E-state index contributed by atoms with van der Waals surface area (Å²) in [7, 11) is 0. The number of hydrogen-bond donors (Lipinski definition) is 0. The zero-order chi connectivity index (χ0) is 13.5. The lowest BCUT2D eigenvalue weighted by Crippen LogP contribution is -2.16. The van der Waals surface area contributed by atoms with Crippen LogP contribution in [0, 0.1) is 5.41 Å². The van der Waals surface area contributed by atoms with Crippen molar-refractivity contribution in [3.05, 3.63) is 35.8 Å². The largest absolute Gasteiger partial charge is 0.307 e. The van der Waals surface area contributed by atoms with E-state index in [-0.39, 0.29) is 5.41 Å². The number of thiophene rings is 1. The van der Waals surface area contributed by atoms with Gasteiger partial charge in [-0.2, -0.15) is 0 Å². The Kier molecular flexibility index (Phi) is 2.90. The van der Waals surface area contributed by atoms with Crippen molar-refractivity contribution in [1.82, 2.24) is 14.5 Å². The Hall–Kier alpha value is -1.68. The van der Waals surface area contributed by atoms with Crippen LogP contribution in [0.3, 0.4) is 0 Å². The summed E-state index contributed by atoms with van der Waals surface area (Å²) in [6.45, 7) is 7.62. The van der Waals surface area contributed by atoms with Crippen LogP contribution < -0.4 is 0 Å². The Morgan fingerprint density at radius 3 is 2.74 bits per heavy atom. The van der Waals surface area contributed by atoms with Crippen LogP contribution in [0.25, 0.3) is 21.9 Å². The van der Waals surface area contributed by atoms with Gasteiger partial charge in [0.2, 0.25) is 0 Å². The predicted octanol–water partition coefficient (Wildman–Crippen LogP) is 4.21. The normalized spacial score (nSPS) is 12.2. The zero-order valence-corrected chi connectivity index (χ0v) is 12.2. The topological polar surface area (TPSA) is 30.7 Å². The van der Waals surface area contributed by atoms with E-state index in [1.54, 1.807) is 11.3 Å². The second-order valence-electron chi connectivity index (χ2n) is 5.91. The molecule has 3 heterocycles.